The first-order valence-electron chi connectivity index (χ1n) is 7.42. The Kier molecular flexibility index (Phi) is 5.56. The van der Waals surface area contributed by atoms with E-state index in [1.54, 1.807) is 24.3 Å². The number of benzene rings is 1. The van der Waals surface area contributed by atoms with E-state index in [9.17, 15) is 13.5 Å². The largest absolute Gasteiger partial charge is 0.392 e. The summed E-state index contributed by atoms with van der Waals surface area (Å²) in [4.78, 5) is 0.240. The first-order valence-corrected chi connectivity index (χ1v) is 8.90. The number of hydrogen-bond donors (Lipinski definition) is 2. The van der Waals surface area contributed by atoms with Crippen molar-refractivity contribution in [2.75, 3.05) is 13.7 Å². The fraction of sp³-hybridized carbons (Fsp3) is 0.500. The van der Waals surface area contributed by atoms with Crippen molar-refractivity contribution in [1.29, 1.82) is 0 Å². The molecule has 5 heteroatoms. The first kappa shape index (κ1) is 16.2. The third kappa shape index (κ3) is 4.15. The molecule has 0 amide bonds. The second kappa shape index (κ2) is 7.20. The lowest BCUT2D eigenvalue weighted by Crippen LogP contribution is -2.18. The van der Waals surface area contributed by atoms with Crippen LogP contribution in [0.25, 0.3) is 5.57 Å². The summed E-state index contributed by atoms with van der Waals surface area (Å²) in [6.45, 7) is -0.0192. The molecule has 0 spiro atoms. The summed E-state index contributed by atoms with van der Waals surface area (Å²) in [7, 11) is -2.01. The van der Waals surface area contributed by atoms with Gasteiger partial charge in [0.2, 0.25) is 10.0 Å². The van der Waals surface area contributed by atoms with Gasteiger partial charge in [0.05, 0.1) is 11.5 Å². The van der Waals surface area contributed by atoms with Crippen molar-refractivity contribution in [2.45, 2.75) is 37.0 Å². The molecule has 1 aliphatic rings. The maximum absolute atomic E-state index is 11.7. The first-order chi connectivity index (χ1) is 10.1. The third-order valence-corrected chi connectivity index (χ3v) is 5.49. The Morgan fingerprint density at radius 2 is 1.86 bits per heavy atom. The molecule has 116 valence electrons. The van der Waals surface area contributed by atoms with Crippen molar-refractivity contribution in [2.24, 2.45) is 5.92 Å². The van der Waals surface area contributed by atoms with Gasteiger partial charge in [-0.2, -0.15) is 0 Å². The molecule has 21 heavy (non-hydrogen) atoms. The molecule has 0 radical (unpaired) electrons. The van der Waals surface area contributed by atoms with Gasteiger partial charge in [-0.1, -0.05) is 37.5 Å². The molecule has 0 aliphatic heterocycles. The summed E-state index contributed by atoms with van der Waals surface area (Å²) in [5.74, 6) is 0.529. The van der Waals surface area contributed by atoms with E-state index in [1.807, 2.05) is 0 Å². The van der Waals surface area contributed by atoms with Crippen LogP contribution in [0.15, 0.2) is 35.2 Å². The molecule has 1 fully saturated rings. The number of hydrogen-bond acceptors (Lipinski definition) is 3. The van der Waals surface area contributed by atoms with Crippen LogP contribution in [-0.2, 0) is 10.0 Å². The summed E-state index contributed by atoms with van der Waals surface area (Å²) in [6, 6.07) is 6.67. The molecule has 1 saturated carbocycles. The van der Waals surface area contributed by atoms with Crippen molar-refractivity contribution in [3.63, 3.8) is 0 Å². The molecule has 0 bridgehead atoms. The summed E-state index contributed by atoms with van der Waals surface area (Å²) in [6.07, 6.45) is 8.31. The van der Waals surface area contributed by atoms with E-state index < -0.39 is 10.0 Å². The van der Waals surface area contributed by atoms with E-state index in [4.69, 9.17) is 0 Å². The van der Waals surface area contributed by atoms with Crippen LogP contribution in [0, 0.1) is 5.92 Å². The highest BCUT2D eigenvalue weighted by atomic mass is 32.2. The number of sulfonamides is 1. The molecule has 1 aromatic rings. The van der Waals surface area contributed by atoms with Crippen LogP contribution in [0.2, 0.25) is 0 Å². The maximum atomic E-state index is 11.7. The van der Waals surface area contributed by atoms with Gasteiger partial charge in [0.15, 0.2) is 0 Å². The summed E-state index contributed by atoms with van der Waals surface area (Å²) in [5.41, 5.74) is 1.77. The zero-order chi connectivity index (χ0) is 15.3. The van der Waals surface area contributed by atoms with Crippen LogP contribution >= 0.6 is 0 Å². The molecule has 0 unspecified atom stereocenters. The monoisotopic (exact) mass is 309 g/mol. The van der Waals surface area contributed by atoms with Gasteiger partial charge in [-0.3, -0.25) is 0 Å². The molecular formula is C16H23NO3S. The lowest BCUT2D eigenvalue weighted by Gasteiger charge is -2.19. The molecule has 4 nitrogen and oxygen atoms in total. The van der Waals surface area contributed by atoms with Crippen LogP contribution in [0.3, 0.4) is 0 Å². The predicted molar refractivity (Wildman–Crippen MR) is 84.3 cm³/mol. The van der Waals surface area contributed by atoms with Crippen LogP contribution in [0.1, 0.15) is 37.7 Å². The van der Waals surface area contributed by atoms with Crippen LogP contribution in [0.5, 0.6) is 0 Å². The van der Waals surface area contributed by atoms with Gasteiger partial charge in [-0.15, -0.1) is 0 Å². The van der Waals surface area contributed by atoms with E-state index in [0.717, 1.165) is 11.1 Å². The smallest absolute Gasteiger partial charge is 0.240 e. The topological polar surface area (TPSA) is 66.4 Å². The molecule has 1 aromatic carbocycles. The van der Waals surface area contributed by atoms with Gasteiger partial charge < -0.3 is 5.11 Å². The summed E-state index contributed by atoms with van der Waals surface area (Å²) in [5, 5.41) is 9.59. The molecule has 0 heterocycles. The van der Waals surface area contributed by atoms with Gasteiger partial charge in [0, 0.05) is 0 Å². The number of aliphatic hydroxyl groups excluding tert-OH is 1. The fourth-order valence-corrected chi connectivity index (χ4v) is 3.52. The van der Waals surface area contributed by atoms with Gasteiger partial charge in [-0.05, 0) is 49.1 Å². The SMILES string of the molecule is CNS(=O)(=O)c1ccc(/C(=C\C2CCCCC2)CO)cc1. The quantitative estimate of drug-likeness (QED) is 0.878. The third-order valence-electron chi connectivity index (χ3n) is 4.06. The molecule has 2 N–H and O–H groups in total. The minimum Gasteiger partial charge on any atom is -0.392 e. The van der Waals surface area contributed by atoms with E-state index in [-0.39, 0.29) is 11.5 Å². The zero-order valence-corrected chi connectivity index (χ0v) is 13.2. The van der Waals surface area contributed by atoms with Gasteiger partial charge in [0.1, 0.15) is 0 Å². The van der Waals surface area contributed by atoms with E-state index in [2.05, 4.69) is 10.8 Å². The second-order valence-corrected chi connectivity index (χ2v) is 7.37. The Morgan fingerprint density at radius 1 is 1.24 bits per heavy atom. The highest BCUT2D eigenvalue weighted by Gasteiger charge is 2.14. The van der Waals surface area contributed by atoms with Crippen molar-refractivity contribution in [1.82, 2.24) is 4.72 Å². The molecule has 1 aliphatic carbocycles. The van der Waals surface area contributed by atoms with Crippen molar-refractivity contribution in [3.05, 3.63) is 35.9 Å². The highest BCUT2D eigenvalue weighted by Crippen LogP contribution is 2.28. The Labute approximate surface area is 126 Å². The van der Waals surface area contributed by atoms with Gasteiger partial charge >= 0.3 is 0 Å². The molecule has 0 saturated heterocycles. The maximum Gasteiger partial charge on any atom is 0.240 e. The minimum absolute atomic E-state index is 0.0192. The molecule has 0 aromatic heterocycles. The predicted octanol–water partition coefficient (Wildman–Crippen LogP) is 2.55. The zero-order valence-electron chi connectivity index (χ0n) is 12.4. The summed E-state index contributed by atoms with van der Waals surface area (Å²) >= 11 is 0. The Morgan fingerprint density at radius 3 is 2.38 bits per heavy atom. The van der Waals surface area contributed by atoms with E-state index >= 15 is 0 Å². The Bertz CT molecular complexity index is 584. The normalized spacial score (nSPS) is 17.9. The highest BCUT2D eigenvalue weighted by molar-refractivity contribution is 7.89. The summed E-state index contributed by atoms with van der Waals surface area (Å²) < 4.78 is 25.7. The Hall–Kier alpha value is -1.17. The van der Waals surface area contributed by atoms with Crippen LogP contribution in [-0.4, -0.2) is 27.2 Å². The number of allylic oxidation sites excluding steroid dienone is 1. The van der Waals surface area contributed by atoms with Crippen LogP contribution in [0.4, 0.5) is 0 Å². The number of nitrogens with one attached hydrogen (secondary N) is 1. The van der Waals surface area contributed by atoms with Crippen molar-refractivity contribution < 1.29 is 13.5 Å². The second-order valence-electron chi connectivity index (χ2n) is 5.48. The average molecular weight is 309 g/mol. The number of rotatable bonds is 5. The van der Waals surface area contributed by atoms with E-state index in [1.165, 1.54) is 39.2 Å². The lowest BCUT2D eigenvalue weighted by molar-refractivity contribution is 0.347. The standard InChI is InChI=1S/C16H23NO3S/c1-17-21(19,20)16-9-7-14(8-10-16)15(12-18)11-13-5-3-2-4-6-13/h7-11,13,17-18H,2-6,12H2,1H3/b15-11-. The van der Waals surface area contributed by atoms with E-state index in [0.29, 0.717) is 5.92 Å². The number of aliphatic hydroxyl groups is 1. The average Bonchev–Trinajstić information content (AvgIpc) is 2.54. The molecule has 2 rings (SSSR count). The van der Waals surface area contributed by atoms with Gasteiger partial charge in [-0.25, -0.2) is 13.1 Å². The van der Waals surface area contributed by atoms with Crippen molar-refractivity contribution >= 4 is 15.6 Å². The van der Waals surface area contributed by atoms with Crippen molar-refractivity contribution in [3.8, 4) is 0 Å². The minimum atomic E-state index is -3.41. The van der Waals surface area contributed by atoms with Crippen LogP contribution < -0.4 is 4.72 Å². The lowest BCUT2D eigenvalue weighted by atomic mass is 9.87. The fourth-order valence-electron chi connectivity index (χ4n) is 2.79. The molecular weight excluding hydrogens is 286 g/mol. The Balaban J connectivity index is 2.20. The van der Waals surface area contributed by atoms with Gasteiger partial charge in [0.25, 0.3) is 0 Å². The molecule has 0 atom stereocenters.